The zero-order chi connectivity index (χ0) is 12.8. The van der Waals surface area contributed by atoms with Crippen molar-refractivity contribution in [1.29, 1.82) is 5.26 Å². The average molecular weight is 283 g/mol. The van der Waals surface area contributed by atoms with Crippen molar-refractivity contribution in [2.75, 3.05) is 0 Å². The molecule has 0 aliphatic carbocycles. The van der Waals surface area contributed by atoms with Crippen molar-refractivity contribution in [1.82, 2.24) is 4.37 Å². The van der Waals surface area contributed by atoms with E-state index in [1.807, 2.05) is 0 Å². The second-order valence-corrected chi connectivity index (χ2v) is 5.29. The molecule has 0 saturated carbocycles. The minimum absolute atomic E-state index is 0.116. The molecule has 101 valence electrons. The molecule has 0 aromatic heterocycles. The summed E-state index contributed by atoms with van der Waals surface area (Å²) in [4.78, 5) is 11.2. The van der Waals surface area contributed by atoms with Crippen LogP contribution < -0.4 is 4.37 Å². The molecular weight excluding hydrogens is 259 g/mol. The van der Waals surface area contributed by atoms with E-state index >= 15 is 0 Å². The molecule has 0 aromatic rings. The second-order valence-electron chi connectivity index (χ2n) is 4.19. The van der Waals surface area contributed by atoms with Crippen molar-refractivity contribution in [3.63, 3.8) is 0 Å². The molecule has 4 heteroatoms. The number of hydrogen-bond acceptors (Lipinski definition) is 3. The van der Waals surface area contributed by atoms with Crippen molar-refractivity contribution >= 4 is 4.72 Å². The van der Waals surface area contributed by atoms with Crippen LogP contribution in [0.5, 0.6) is 0 Å². The molecule has 17 heavy (non-hydrogen) atoms. The molecule has 0 aliphatic rings. The summed E-state index contributed by atoms with van der Waals surface area (Å²) >= 11 is 0.465. The third-order valence-electron chi connectivity index (χ3n) is 2.64. The van der Waals surface area contributed by atoms with E-state index in [0.717, 1.165) is 12.8 Å². The molecule has 0 saturated heterocycles. The van der Waals surface area contributed by atoms with E-state index in [0.29, 0.717) is 21.3 Å². The molecule has 0 heterocycles. The van der Waals surface area contributed by atoms with Gasteiger partial charge in [-0.2, -0.15) is 0 Å². The van der Waals surface area contributed by atoms with E-state index in [1.54, 1.807) is 6.19 Å². The predicted molar refractivity (Wildman–Crippen MR) is 65.6 cm³/mol. The van der Waals surface area contributed by atoms with Gasteiger partial charge in [0, 0.05) is 0 Å². The Morgan fingerprint density at radius 3 is 2.12 bits per heavy atom. The van der Waals surface area contributed by atoms with E-state index in [4.69, 9.17) is 5.26 Å². The summed E-state index contributed by atoms with van der Waals surface area (Å²) in [5, 5.41) is 8.22. The van der Waals surface area contributed by atoms with Crippen molar-refractivity contribution in [3.8, 4) is 6.19 Å². The molecule has 0 spiro atoms. The molecule has 0 amide bonds. The number of rotatable bonds is 12. The summed E-state index contributed by atoms with van der Waals surface area (Å²) in [6, 6.07) is 0. The number of carbonyl (C=O) groups excluding carboxylic acids is 1. The van der Waals surface area contributed by atoms with Gasteiger partial charge in [-0.15, -0.1) is 0 Å². The summed E-state index contributed by atoms with van der Waals surface area (Å²) < 4.78 is 2.47. The van der Waals surface area contributed by atoms with Gasteiger partial charge in [0.15, 0.2) is 0 Å². The Balaban J connectivity index is 3.08. The summed E-state index contributed by atoms with van der Waals surface area (Å²) in [6.07, 6.45) is 13.7. The van der Waals surface area contributed by atoms with Gasteiger partial charge >= 0.3 is 111 Å². The first-order valence-corrected chi connectivity index (χ1v) is 7.61. The van der Waals surface area contributed by atoms with Crippen LogP contribution >= 0.6 is 0 Å². The Kier molecular flexibility index (Phi) is 13.1. The molecule has 0 radical (unpaired) electrons. The first-order chi connectivity index (χ1) is 8.31. The van der Waals surface area contributed by atoms with Gasteiger partial charge in [0.2, 0.25) is 0 Å². The van der Waals surface area contributed by atoms with Crippen LogP contribution in [0.25, 0.3) is 0 Å². The van der Waals surface area contributed by atoms with Crippen LogP contribution in [0, 0.1) is 11.5 Å². The van der Waals surface area contributed by atoms with Gasteiger partial charge in [0.25, 0.3) is 0 Å². The van der Waals surface area contributed by atoms with Gasteiger partial charge < -0.3 is 0 Å². The average Bonchev–Trinajstić information content (AvgIpc) is 2.34. The van der Waals surface area contributed by atoms with Crippen molar-refractivity contribution in [2.24, 2.45) is 0 Å². The van der Waals surface area contributed by atoms with Crippen LogP contribution in [0.2, 0.25) is 0 Å². The minimum atomic E-state index is 0.116. The SMILES string of the molecule is CCCCCCCCCCC[C](=O)[Co][NH]C#N. The fraction of sp³-hybridized carbons (Fsp3) is 0.846. The van der Waals surface area contributed by atoms with Crippen molar-refractivity contribution in [3.05, 3.63) is 0 Å². The van der Waals surface area contributed by atoms with E-state index in [9.17, 15) is 4.79 Å². The molecule has 0 rings (SSSR count). The fourth-order valence-corrected chi connectivity index (χ4v) is 2.19. The predicted octanol–water partition coefficient (Wildman–Crippen LogP) is 3.50. The third kappa shape index (κ3) is 13.4. The number of hydrogen-bond donors (Lipinski definition) is 1. The first-order valence-electron chi connectivity index (χ1n) is 6.57. The molecule has 0 unspecified atom stereocenters. The normalized spacial score (nSPS) is 10.1. The van der Waals surface area contributed by atoms with E-state index < -0.39 is 0 Å². The first kappa shape index (κ1) is 16.5. The van der Waals surface area contributed by atoms with Crippen LogP contribution in [-0.2, 0) is 19.7 Å². The molecule has 0 bridgehead atoms. The van der Waals surface area contributed by atoms with Crippen LogP contribution in [-0.4, -0.2) is 4.72 Å². The number of carbonyl (C=O) groups is 1. The Bertz CT molecular complexity index is 226. The molecule has 1 N–H and O–H groups in total. The molecule has 0 fully saturated rings. The van der Waals surface area contributed by atoms with Gasteiger partial charge in [0.1, 0.15) is 0 Å². The second kappa shape index (κ2) is 13.5. The van der Waals surface area contributed by atoms with E-state index in [-0.39, 0.29) is 4.72 Å². The maximum absolute atomic E-state index is 11.2. The summed E-state index contributed by atoms with van der Waals surface area (Å²) in [5.41, 5.74) is 0. The molecular formula is C13H24CoN2O. The monoisotopic (exact) mass is 283 g/mol. The quantitative estimate of drug-likeness (QED) is 0.339. The van der Waals surface area contributed by atoms with E-state index in [2.05, 4.69) is 11.3 Å². The van der Waals surface area contributed by atoms with Crippen LogP contribution in [0.3, 0.4) is 0 Å². The third-order valence-corrected chi connectivity index (χ3v) is 3.43. The van der Waals surface area contributed by atoms with Gasteiger partial charge in [0.05, 0.1) is 0 Å². The van der Waals surface area contributed by atoms with Gasteiger partial charge in [-0.05, 0) is 0 Å². The van der Waals surface area contributed by atoms with Crippen LogP contribution in [0.15, 0.2) is 0 Å². The zero-order valence-corrected chi connectivity index (χ0v) is 11.8. The van der Waals surface area contributed by atoms with Crippen molar-refractivity contribution < 1.29 is 19.7 Å². The standard InChI is InChI=1S/C12H23O.CHN2.Co/c1-2-3-4-5-6-7-8-9-10-11-12-13;2-1-3;/h2-11H2,1H3;2H;/q;-1;+1. The Labute approximate surface area is 112 Å². The van der Waals surface area contributed by atoms with Gasteiger partial charge in [-0.1, -0.05) is 0 Å². The molecule has 0 atom stereocenters. The van der Waals surface area contributed by atoms with E-state index in [1.165, 1.54) is 44.9 Å². The van der Waals surface area contributed by atoms with Gasteiger partial charge in [-0.25, -0.2) is 0 Å². The summed E-state index contributed by atoms with van der Waals surface area (Å²) in [6.45, 7) is 2.23. The number of nitrogens with one attached hydrogen (secondary N) is 1. The summed E-state index contributed by atoms with van der Waals surface area (Å²) in [5.74, 6) is 0. The van der Waals surface area contributed by atoms with Gasteiger partial charge in [-0.3, -0.25) is 0 Å². The molecule has 3 nitrogen and oxygen atoms in total. The Morgan fingerprint density at radius 1 is 1.06 bits per heavy atom. The number of nitrogens with zero attached hydrogens (tertiary/aromatic N) is 1. The number of unbranched alkanes of at least 4 members (excludes halogenated alkanes) is 8. The summed E-state index contributed by atoms with van der Waals surface area (Å²) in [7, 11) is 0. The number of nitriles is 1. The maximum atomic E-state index is 11.2. The Hall–Kier alpha value is -0.534. The van der Waals surface area contributed by atoms with Crippen LogP contribution in [0.4, 0.5) is 0 Å². The van der Waals surface area contributed by atoms with Crippen LogP contribution in [0.1, 0.15) is 71.1 Å². The molecule has 0 aromatic carbocycles. The Morgan fingerprint density at radius 2 is 1.59 bits per heavy atom. The topological polar surface area (TPSA) is 52.9 Å². The van der Waals surface area contributed by atoms with Crippen molar-refractivity contribution in [2.45, 2.75) is 71.1 Å². The zero-order valence-electron chi connectivity index (χ0n) is 10.8. The molecule has 0 aliphatic heterocycles. The fourth-order valence-electron chi connectivity index (χ4n) is 1.67.